The average molecular weight is 383 g/mol. The largest absolute Gasteiger partial charge is 0.325 e. The number of amides is 5. The molecule has 2 atom stereocenters. The lowest BCUT2D eigenvalue weighted by atomic mass is 9.64. The normalized spacial score (nSPS) is 28.9. The van der Waals surface area contributed by atoms with Crippen LogP contribution >= 0.6 is 0 Å². The van der Waals surface area contributed by atoms with Crippen LogP contribution < -0.4 is 5.32 Å². The van der Waals surface area contributed by atoms with Crippen LogP contribution in [0.5, 0.6) is 0 Å². The number of fused-ring (bicyclic) bond motifs is 1. The van der Waals surface area contributed by atoms with Crippen molar-refractivity contribution in [2.45, 2.75) is 45.6 Å². The molecule has 148 valence electrons. The number of imide groups is 2. The average Bonchev–Trinajstić information content (AvgIpc) is 2.96. The van der Waals surface area contributed by atoms with E-state index in [1.54, 1.807) is 24.3 Å². The Labute approximate surface area is 164 Å². The Kier molecular flexibility index (Phi) is 4.10. The number of urea groups is 1. The standard InChI is InChI=1S/C21H25N3O4/c1-13-10-20(2,3)12-21(11-13)18(27)24(19(28)22-21)9-8-23-16(25)14-6-4-5-7-15(14)17(23)26/h4-7,13H,8-12H2,1-3H3,(H,22,28). The number of hydrogen-bond acceptors (Lipinski definition) is 4. The highest BCUT2D eigenvalue weighted by atomic mass is 16.2. The summed E-state index contributed by atoms with van der Waals surface area (Å²) in [4.78, 5) is 53.0. The number of hydrogen-bond donors (Lipinski definition) is 1. The molecule has 5 amide bonds. The van der Waals surface area contributed by atoms with Gasteiger partial charge in [0.15, 0.2) is 0 Å². The monoisotopic (exact) mass is 383 g/mol. The molecule has 3 aliphatic rings. The van der Waals surface area contributed by atoms with Gasteiger partial charge in [-0.15, -0.1) is 0 Å². The van der Waals surface area contributed by atoms with E-state index < -0.39 is 11.6 Å². The number of rotatable bonds is 3. The summed E-state index contributed by atoms with van der Waals surface area (Å²) in [6.07, 6.45) is 2.22. The van der Waals surface area contributed by atoms with Gasteiger partial charge < -0.3 is 5.32 Å². The predicted octanol–water partition coefficient (Wildman–Crippen LogP) is 2.42. The van der Waals surface area contributed by atoms with Gasteiger partial charge in [-0.2, -0.15) is 0 Å². The highest BCUT2D eigenvalue weighted by molar-refractivity contribution is 6.21. The number of carbonyl (C=O) groups excluding carboxylic acids is 4. The molecule has 1 spiro atoms. The van der Waals surface area contributed by atoms with Crippen LogP contribution in [0.3, 0.4) is 0 Å². The Balaban J connectivity index is 1.49. The van der Waals surface area contributed by atoms with Crippen molar-refractivity contribution in [2.75, 3.05) is 13.1 Å². The Morgan fingerprint density at radius 1 is 0.964 bits per heavy atom. The van der Waals surface area contributed by atoms with E-state index in [4.69, 9.17) is 0 Å². The molecule has 1 saturated carbocycles. The van der Waals surface area contributed by atoms with Crippen molar-refractivity contribution in [3.63, 3.8) is 0 Å². The summed E-state index contributed by atoms with van der Waals surface area (Å²) in [5.41, 5.74) is -0.188. The van der Waals surface area contributed by atoms with Crippen LogP contribution in [0.1, 0.15) is 60.7 Å². The maximum Gasteiger partial charge on any atom is 0.325 e. The van der Waals surface area contributed by atoms with Gasteiger partial charge in [-0.3, -0.25) is 24.2 Å². The summed E-state index contributed by atoms with van der Waals surface area (Å²) < 4.78 is 0. The summed E-state index contributed by atoms with van der Waals surface area (Å²) in [6, 6.07) is 6.21. The summed E-state index contributed by atoms with van der Waals surface area (Å²) in [5, 5.41) is 2.92. The summed E-state index contributed by atoms with van der Waals surface area (Å²) in [5.74, 6) is -0.678. The fraction of sp³-hybridized carbons (Fsp3) is 0.524. The van der Waals surface area contributed by atoms with Crippen molar-refractivity contribution >= 4 is 23.8 Å². The number of benzene rings is 1. The van der Waals surface area contributed by atoms with E-state index in [1.807, 2.05) is 0 Å². The third-order valence-electron chi connectivity index (χ3n) is 6.05. The van der Waals surface area contributed by atoms with Crippen LogP contribution in [0.2, 0.25) is 0 Å². The van der Waals surface area contributed by atoms with E-state index in [2.05, 4.69) is 26.1 Å². The second-order valence-corrected chi connectivity index (χ2v) is 9.13. The van der Waals surface area contributed by atoms with Gasteiger partial charge in [0.05, 0.1) is 11.1 Å². The van der Waals surface area contributed by atoms with E-state index in [1.165, 1.54) is 0 Å². The zero-order valence-corrected chi connectivity index (χ0v) is 16.4. The molecule has 2 unspecified atom stereocenters. The highest BCUT2D eigenvalue weighted by Gasteiger charge is 2.56. The third kappa shape index (κ3) is 2.80. The molecular weight excluding hydrogens is 358 g/mol. The fourth-order valence-corrected chi connectivity index (χ4v) is 5.35. The molecule has 0 radical (unpaired) electrons. The van der Waals surface area contributed by atoms with Crippen LogP contribution in [-0.4, -0.2) is 52.2 Å². The van der Waals surface area contributed by atoms with Gasteiger partial charge in [0.1, 0.15) is 5.54 Å². The number of carbonyl (C=O) groups is 4. The van der Waals surface area contributed by atoms with Crippen LogP contribution in [0.4, 0.5) is 4.79 Å². The van der Waals surface area contributed by atoms with Crippen molar-refractivity contribution in [1.29, 1.82) is 0 Å². The van der Waals surface area contributed by atoms with Crippen LogP contribution in [0, 0.1) is 11.3 Å². The third-order valence-corrected chi connectivity index (χ3v) is 6.05. The van der Waals surface area contributed by atoms with E-state index in [-0.39, 0.29) is 36.2 Å². The zero-order chi connectivity index (χ0) is 20.3. The molecule has 1 saturated heterocycles. The molecule has 7 heteroatoms. The quantitative estimate of drug-likeness (QED) is 0.641. The molecule has 2 fully saturated rings. The first-order valence-corrected chi connectivity index (χ1v) is 9.73. The summed E-state index contributed by atoms with van der Waals surface area (Å²) >= 11 is 0. The second kappa shape index (κ2) is 6.15. The maximum atomic E-state index is 13.2. The van der Waals surface area contributed by atoms with Gasteiger partial charge in [-0.05, 0) is 42.7 Å². The Bertz CT molecular complexity index is 858. The molecule has 1 N–H and O–H groups in total. The van der Waals surface area contributed by atoms with Crippen LogP contribution in [-0.2, 0) is 4.79 Å². The lowest BCUT2D eigenvalue weighted by molar-refractivity contribution is -0.134. The van der Waals surface area contributed by atoms with Gasteiger partial charge in [0.2, 0.25) is 0 Å². The molecular formula is C21H25N3O4. The first-order valence-electron chi connectivity index (χ1n) is 9.73. The minimum absolute atomic E-state index is 0.000529. The molecule has 1 aromatic rings. The zero-order valence-electron chi connectivity index (χ0n) is 16.4. The van der Waals surface area contributed by atoms with Crippen molar-refractivity contribution in [3.05, 3.63) is 35.4 Å². The van der Waals surface area contributed by atoms with Gasteiger partial charge in [-0.25, -0.2) is 4.79 Å². The minimum atomic E-state index is -0.875. The summed E-state index contributed by atoms with van der Waals surface area (Å²) in [7, 11) is 0. The lowest BCUT2D eigenvalue weighted by Gasteiger charge is -2.43. The molecule has 1 aliphatic carbocycles. The SMILES string of the molecule is CC1CC(C)(C)CC2(C1)NC(=O)N(CCN1C(=O)c3ccccc3C1=O)C2=O. The van der Waals surface area contributed by atoms with Crippen LogP contribution in [0.15, 0.2) is 24.3 Å². The second-order valence-electron chi connectivity index (χ2n) is 9.13. The Hall–Kier alpha value is -2.70. The maximum absolute atomic E-state index is 13.2. The molecule has 2 aliphatic heterocycles. The van der Waals surface area contributed by atoms with E-state index in [0.717, 1.165) is 16.2 Å². The van der Waals surface area contributed by atoms with Crippen LogP contribution in [0.25, 0.3) is 0 Å². The number of nitrogens with zero attached hydrogens (tertiary/aromatic N) is 2. The molecule has 0 bridgehead atoms. The van der Waals surface area contributed by atoms with Gasteiger partial charge in [0, 0.05) is 13.1 Å². The van der Waals surface area contributed by atoms with E-state index >= 15 is 0 Å². The van der Waals surface area contributed by atoms with Crippen molar-refractivity contribution < 1.29 is 19.2 Å². The van der Waals surface area contributed by atoms with E-state index in [0.29, 0.717) is 29.9 Å². The smallest absolute Gasteiger partial charge is 0.323 e. The van der Waals surface area contributed by atoms with Crippen molar-refractivity contribution in [1.82, 2.24) is 15.1 Å². The Morgan fingerprint density at radius 3 is 2.11 bits per heavy atom. The molecule has 4 rings (SSSR count). The molecule has 1 aromatic carbocycles. The van der Waals surface area contributed by atoms with Crippen molar-refractivity contribution in [2.24, 2.45) is 11.3 Å². The first kappa shape index (κ1) is 18.7. The minimum Gasteiger partial charge on any atom is -0.323 e. The molecule has 7 nitrogen and oxygen atoms in total. The Morgan fingerprint density at radius 2 is 1.54 bits per heavy atom. The molecule has 0 aromatic heterocycles. The van der Waals surface area contributed by atoms with Gasteiger partial charge >= 0.3 is 6.03 Å². The lowest BCUT2D eigenvalue weighted by Crippen LogP contribution is -2.54. The van der Waals surface area contributed by atoms with Crippen molar-refractivity contribution in [3.8, 4) is 0 Å². The topological polar surface area (TPSA) is 86.8 Å². The number of nitrogens with one attached hydrogen (secondary N) is 1. The molecule has 28 heavy (non-hydrogen) atoms. The first-order chi connectivity index (χ1) is 13.1. The highest BCUT2D eigenvalue weighted by Crippen LogP contribution is 2.46. The molecule has 2 heterocycles. The summed E-state index contributed by atoms with van der Waals surface area (Å²) in [6.45, 7) is 6.34. The fourth-order valence-electron chi connectivity index (χ4n) is 5.35. The van der Waals surface area contributed by atoms with Gasteiger partial charge in [0.25, 0.3) is 17.7 Å². The predicted molar refractivity (Wildman–Crippen MR) is 102 cm³/mol. The van der Waals surface area contributed by atoms with E-state index in [9.17, 15) is 19.2 Å². The van der Waals surface area contributed by atoms with Gasteiger partial charge in [-0.1, -0.05) is 32.9 Å².